The Hall–Kier alpha value is -2.99. The lowest BCUT2D eigenvalue weighted by molar-refractivity contribution is -0.118. The van der Waals surface area contributed by atoms with Crippen molar-refractivity contribution in [2.24, 2.45) is 0 Å². The average molecular weight is 481 g/mol. The summed E-state index contributed by atoms with van der Waals surface area (Å²) in [4.78, 5) is 27.0. The van der Waals surface area contributed by atoms with E-state index in [0.717, 1.165) is 16.8 Å². The fourth-order valence-electron chi connectivity index (χ4n) is 3.93. The molecule has 158 valence electrons. The van der Waals surface area contributed by atoms with Gasteiger partial charge in [0, 0.05) is 34.3 Å². The van der Waals surface area contributed by atoms with Crippen LogP contribution < -0.4 is 10.2 Å². The third-order valence-corrected chi connectivity index (χ3v) is 6.02. The van der Waals surface area contributed by atoms with Gasteiger partial charge in [0.2, 0.25) is 5.91 Å². The zero-order valence-electron chi connectivity index (χ0n) is 17.1. The molecule has 1 atom stereocenters. The molecule has 31 heavy (non-hydrogen) atoms. The molecular formula is C25H22BrFN2O2. The number of hydrogen-bond acceptors (Lipinski definition) is 2. The van der Waals surface area contributed by atoms with E-state index in [9.17, 15) is 14.0 Å². The van der Waals surface area contributed by atoms with Crippen LogP contribution in [0, 0.1) is 5.82 Å². The molecule has 1 N–H and O–H groups in total. The number of carbonyl (C=O) groups excluding carboxylic acids is 2. The molecule has 1 aliphatic heterocycles. The molecule has 4 nitrogen and oxygen atoms in total. The quantitative estimate of drug-likeness (QED) is 0.530. The fraction of sp³-hybridized carbons (Fsp3) is 0.200. The Kier molecular flexibility index (Phi) is 6.18. The van der Waals surface area contributed by atoms with Crippen LogP contribution in [0.1, 0.15) is 46.4 Å². The highest BCUT2D eigenvalue weighted by molar-refractivity contribution is 9.10. The lowest BCUT2D eigenvalue weighted by atomic mass is 9.97. The van der Waals surface area contributed by atoms with Crippen LogP contribution in [0.4, 0.5) is 10.1 Å². The first-order valence-corrected chi connectivity index (χ1v) is 11.0. The monoisotopic (exact) mass is 480 g/mol. The summed E-state index contributed by atoms with van der Waals surface area (Å²) < 4.78 is 15.4. The lowest BCUT2D eigenvalue weighted by Gasteiger charge is -2.21. The second-order valence-corrected chi connectivity index (χ2v) is 8.39. The predicted octanol–water partition coefficient (Wildman–Crippen LogP) is 5.41. The van der Waals surface area contributed by atoms with Crippen LogP contribution in [-0.4, -0.2) is 18.4 Å². The predicted molar refractivity (Wildman–Crippen MR) is 123 cm³/mol. The highest BCUT2D eigenvalue weighted by Gasteiger charge is 2.26. The van der Waals surface area contributed by atoms with E-state index in [2.05, 4.69) is 21.2 Å². The van der Waals surface area contributed by atoms with E-state index in [1.54, 1.807) is 23.1 Å². The van der Waals surface area contributed by atoms with Gasteiger partial charge in [0.1, 0.15) is 5.82 Å². The summed E-state index contributed by atoms with van der Waals surface area (Å²) in [7, 11) is 0. The molecule has 0 aromatic heterocycles. The van der Waals surface area contributed by atoms with Crippen molar-refractivity contribution < 1.29 is 14.0 Å². The summed E-state index contributed by atoms with van der Waals surface area (Å²) >= 11 is 3.28. The van der Waals surface area contributed by atoms with Gasteiger partial charge in [0.25, 0.3) is 5.91 Å². The van der Waals surface area contributed by atoms with Gasteiger partial charge in [-0.3, -0.25) is 9.59 Å². The van der Waals surface area contributed by atoms with Crippen LogP contribution in [-0.2, 0) is 11.2 Å². The topological polar surface area (TPSA) is 49.4 Å². The molecule has 3 aromatic carbocycles. The lowest BCUT2D eigenvalue weighted by Crippen LogP contribution is -2.30. The largest absolute Gasteiger partial charge is 0.341 e. The SMILES string of the molecule is CCC(=O)N1CCc2cc(C(=O)NC(c3ccccc3)c3ccc(Br)cc3F)ccc21. The molecule has 1 unspecified atom stereocenters. The number of rotatable bonds is 5. The molecule has 3 aromatic rings. The van der Waals surface area contributed by atoms with Gasteiger partial charge in [0.05, 0.1) is 6.04 Å². The molecule has 1 aliphatic rings. The van der Waals surface area contributed by atoms with Crippen LogP contribution in [0.15, 0.2) is 71.2 Å². The molecule has 0 aliphatic carbocycles. The van der Waals surface area contributed by atoms with Gasteiger partial charge in [-0.1, -0.05) is 59.3 Å². The molecule has 0 bridgehead atoms. The minimum absolute atomic E-state index is 0.0748. The standard InChI is InChI=1S/C25H22BrFN2O2/c1-2-23(30)29-13-12-17-14-18(8-11-22(17)29)25(31)28-24(16-6-4-3-5-7-16)20-10-9-19(26)15-21(20)27/h3-11,14-15,24H,2,12-13H2,1H3,(H,28,31). The molecule has 0 saturated heterocycles. The first-order valence-electron chi connectivity index (χ1n) is 10.2. The maximum absolute atomic E-state index is 14.8. The Morgan fingerprint density at radius 3 is 2.58 bits per heavy atom. The van der Waals surface area contributed by atoms with E-state index in [0.29, 0.717) is 35.0 Å². The van der Waals surface area contributed by atoms with Crippen LogP contribution in [0.5, 0.6) is 0 Å². The number of anilines is 1. The summed E-state index contributed by atoms with van der Waals surface area (Å²) in [6.45, 7) is 2.47. The average Bonchev–Trinajstić information content (AvgIpc) is 3.21. The molecule has 0 spiro atoms. The zero-order chi connectivity index (χ0) is 22.0. The van der Waals surface area contributed by atoms with E-state index in [4.69, 9.17) is 0 Å². The Labute approximate surface area is 189 Å². The van der Waals surface area contributed by atoms with Gasteiger partial charge in [-0.25, -0.2) is 4.39 Å². The summed E-state index contributed by atoms with van der Waals surface area (Å²) in [5, 5.41) is 2.99. The van der Waals surface area contributed by atoms with Crippen LogP contribution in [0.2, 0.25) is 0 Å². The third-order valence-electron chi connectivity index (χ3n) is 5.52. The van der Waals surface area contributed by atoms with Crippen molar-refractivity contribution in [2.45, 2.75) is 25.8 Å². The third kappa shape index (κ3) is 4.39. The fourth-order valence-corrected chi connectivity index (χ4v) is 4.26. The highest BCUT2D eigenvalue weighted by atomic mass is 79.9. The van der Waals surface area contributed by atoms with Gasteiger partial charge in [-0.15, -0.1) is 0 Å². The minimum Gasteiger partial charge on any atom is -0.341 e. The van der Waals surface area contributed by atoms with E-state index < -0.39 is 11.9 Å². The number of amides is 2. The highest BCUT2D eigenvalue weighted by Crippen LogP contribution is 2.31. The van der Waals surface area contributed by atoms with Gasteiger partial charge in [0.15, 0.2) is 0 Å². The van der Waals surface area contributed by atoms with Gasteiger partial charge in [-0.2, -0.15) is 0 Å². The number of carbonyl (C=O) groups is 2. The molecule has 4 rings (SSSR count). The van der Waals surface area contributed by atoms with Crippen molar-refractivity contribution in [3.63, 3.8) is 0 Å². The van der Waals surface area contributed by atoms with E-state index in [-0.39, 0.29) is 11.8 Å². The molecule has 6 heteroatoms. The van der Waals surface area contributed by atoms with Crippen molar-refractivity contribution in [2.75, 3.05) is 11.4 Å². The zero-order valence-corrected chi connectivity index (χ0v) is 18.7. The number of benzene rings is 3. The van der Waals surface area contributed by atoms with Crippen LogP contribution in [0.3, 0.4) is 0 Å². The number of nitrogens with one attached hydrogen (secondary N) is 1. The van der Waals surface area contributed by atoms with Crippen molar-refractivity contribution in [3.8, 4) is 0 Å². The van der Waals surface area contributed by atoms with Crippen LogP contribution in [0.25, 0.3) is 0 Å². The maximum Gasteiger partial charge on any atom is 0.252 e. The molecule has 0 fully saturated rings. The van der Waals surface area contributed by atoms with Crippen molar-refractivity contribution in [1.29, 1.82) is 0 Å². The molecule has 0 radical (unpaired) electrons. The normalized spacial score (nSPS) is 13.6. The number of nitrogens with zero attached hydrogens (tertiary/aromatic N) is 1. The van der Waals surface area contributed by atoms with Crippen molar-refractivity contribution in [1.82, 2.24) is 5.32 Å². The van der Waals surface area contributed by atoms with E-state index in [1.165, 1.54) is 6.07 Å². The van der Waals surface area contributed by atoms with E-state index in [1.807, 2.05) is 49.4 Å². The Morgan fingerprint density at radius 1 is 1.10 bits per heavy atom. The second kappa shape index (κ2) is 9.02. The first kappa shape index (κ1) is 21.2. The van der Waals surface area contributed by atoms with Gasteiger partial charge in [-0.05, 0) is 47.9 Å². The Morgan fingerprint density at radius 2 is 1.87 bits per heavy atom. The summed E-state index contributed by atoms with van der Waals surface area (Å²) in [6.07, 6.45) is 1.16. The Bertz CT molecular complexity index is 1130. The second-order valence-electron chi connectivity index (χ2n) is 7.48. The minimum atomic E-state index is -0.631. The van der Waals surface area contributed by atoms with Crippen LogP contribution >= 0.6 is 15.9 Å². The van der Waals surface area contributed by atoms with Crippen molar-refractivity contribution >= 4 is 33.4 Å². The smallest absolute Gasteiger partial charge is 0.252 e. The summed E-state index contributed by atoms with van der Waals surface area (Å²) in [5.41, 5.74) is 3.51. The maximum atomic E-state index is 14.8. The Balaban J connectivity index is 1.64. The number of halogens is 2. The number of hydrogen-bond donors (Lipinski definition) is 1. The van der Waals surface area contributed by atoms with Crippen molar-refractivity contribution in [3.05, 3.63) is 99.3 Å². The van der Waals surface area contributed by atoms with Gasteiger partial charge < -0.3 is 10.2 Å². The first-order chi connectivity index (χ1) is 15.0. The number of fused-ring (bicyclic) bond motifs is 1. The molecule has 2 amide bonds. The molecule has 1 heterocycles. The molecule has 0 saturated carbocycles. The summed E-state index contributed by atoms with van der Waals surface area (Å²) in [5.74, 6) is -0.615. The molecular weight excluding hydrogens is 459 g/mol. The van der Waals surface area contributed by atoms with Gasteiger partial charge >= 0.3 is 0 Å². The van der Waals surface area contributed by atoms with E-state index >= 15 is 0 Å². The summed E-state index contributed by atoms with van der Waals surface area (Å²) in [6, 6.07) is 18.9.